The van der Waals surface area contributed by atoms with Gasteiger partial charge in [0, 0.05) is 5.57 Å². The number of hydrogen-bond acceptors (Lipinski definition) is 3. The number of unbranched alkanes of at least 4 members (excludes halogenated alkanes) is 3. The van der Waals surface area contributed by atoms with Crippen LogP contribution in [0.3, 0.4) is 0 Å². The van der Waals surface area contributed by atoms with E-state index >= 15 is 0 Å². The number of carbonyl (C=O) groups is 3. The van der Waals surface area contributed by atoms with Gasteiger partial charge in [0.25, 0.3) is 0 Å². The van der Waals surface area contributed by atoms with Gasteiger partial charge in [-0.2, -0.15) is 0 Å². The summed E-state index contributed by atoms with van der Waals surface area (Å²) in [6.07, 6.45) is 5.14. The molecule has 0 radical (unpaired) electrons. The molecule has 0 aliphatic carbocycles. The molecule has 0 N–H and O–H groups in total. The zero-order chi connectivity index (χ0) is 12.6. The molecular weight excluding hydrogens is 204 g/mol. The van der Waals surface area contributed by atoms with Crippen LogP contribution >= 0.6 is 0 Å². The summed E-state index contributed by atoms with van der Waals surface area (Å²) in [6, 6.07) is 0. The average molecular weight is 224 g/mol. The summed E-state index contributed by atoms with van der Waals surface area (Å²) >= 11 is 0. The van der Waals surface area contributed by atoms with E-state index in [9.17, 15) is 14.4 Å². The van der Waals surface area contributed by atoms with Gasteiger partial charge >= 0.3 is 0 Å². The molecule has 0 aliphatic rings. The van der Waals surface area contributed by atoms with Gasteiger partial charge in [0.1, 0.15) is 0 Å². The van der Waals surface area contributed by atoms with Crippen LogP contribution in [0.2, 0.25) is 0 Å². The predicted molar refractivity (Wildman–Crippen MR) is 63.2 cm³/mol. The van der Waals surface area contributed by atoms with Crippen LogP contribution in [0.15, 0.2) is 11.1 Å². The Morgan fingerprint density at radius 2 is 1.62 bits per heavy atom. The van der Waals surface area contributed by atoms with Crippen LogP contribution in [0.5, 0.6) is 0 Å². The number of ketones is 2. The molecule has 0 bridgehead atoms. The minimum Gasteiger partial charge on any atom is -0.298 e. The molecule has 3 heteroatoms. The van der Waals surface area contributed by atoms with Gasteiger partial charge in [0.2, 0.25) is 0 Å². The number of aldehydes is 1. The number of Topliss-reactive ketones (excluding diaryl/α,β-unsaturated/α-hetero) is 2. The maximum absolute atomic E-state index is 11.3. The molecule has 3 nitrogen and oxygen atoms in total. The number of carbonyl (C=O) groups excluding carboxylic acids is 3. The fourth-order valence-electron chi connectivity index (χ4n) is 1.60. The summed E-state index contributed by atoms with van der Waals surface area (Å²) in [7, 11) is 0. The maximum Gasteiger partial charge on any atom is 0.163 e. The van der Waals surface area contributed by atoms with Crippen LogP contribution in [0.1, 0.15) is 52.9 Å². The smallest absolute Gasteiger partial charge is 0.163 e. The Bertz CT molecular complexity index is 300. The first-order valence-corrected chi connectivity index (χ1v) is 5.74. The van der Waals surface area contributed by atoms with Crippen molar-refractivity contribution in [3.8, 4) is 0 Å². The monoisotopic (exact) mass is 224 g/mol. The highest BCUT2D eigenvalue weighted by atomic mass is 16.1. The summed E-state index contributed by atoms with van der Waals surface area (Å²) < 4.78 is 0. The Morgan fingerprint density at radius 3 is 2.00 bits per heavy atom. The van der Waals surface area contributed by atoms with Gasteiger partial charge in [0.05, 0.1) is 5.57 Å². The fraction of sp³-hybridized carbons (Fsp3) is 0.615. The molecule has 0 aromatic heterocycles. The van der Waals surface area contributed by atoms with E-state index in [0.717, 1.165) is 25.7 Å². The largest absolute Gasteiger partial charge is 0.298 e. The summed E-state index contributed by atoms with van der Waals surface area (Å²) in [5.74, 6) is -0.496. The zero-order valence-electron chi connectivity index (χ0n) is 10.3. The van der Waals surface area contributed by atoms with Crippen molar-refractivity contribution in [2.45, 2.75) is 52.9 Å². The Hall–Kier alpha value is -1.25. The first kappa shape index (κ1) is 14.8. The van der Waals surface area contributed by atoms with Gasteiger partial charge in [-0.3, -0.25) is 14.4 Å². The lowest BCUT2D eigenvalue weighted by atomic mass is 9.97. The van der Waals surface area contributed by atoms with Crippen molar-refractivity contribution in [3.63, 3.8) is 0 Å². The molecule has 0 fully saturated rings. The molecule has 0 rings (SSSR count). The Morgan fingerprint density at radius 1 is 1.00 bits per heavy atom. The van der Waals surface area contributed by atoms with Crippen LogP contribution < -0.4 is 0 Å². The van der Waals surface area contributed by atoms with E-state index in [1.807, 2.05) is 0 Å². The van der Waals surface area contributed by atoms with E-state index in [-0.39, 0.29) is 17.1 Å². The minimum absolute atomic E-state index is 0.0454. The first-order chi connectivity index (χ1) is 7.54. The lowest BCUT2D eigenvalue weighted by molar-refractivity contribution is -0.118. The zero-order valence-corrected chi connectivity index (χ0v) is 10.3. The normalized spacial score (nSPS) is 11.9. The van der Waals surface area contributed by atoms with Crippen molar-refractivity contribution in [3.05, 3.63) is 11.1 Å². The van der Waals surface area contributed by atoms with Gasteiger partial charge in [-0.25, -0.2) is 0 Å². The standard InChI is InChI=1S/C13H20O3/c1-4-5-6-7-8-12(10(2)15)13(9-14)11(3)16/h9H,4-8H2,1-3H3. The molecule has 0 aromatic rings. The van der Waals surface area contributed by atoms with Crippen molar-refractivity contribution in [2.24, 2.45) is 0 Å². The van der Waals surface area contributed by atoms with Crippen LogP contribution in [-0.4, -0.2) is 17.9 Å². The van der Waals surface area contributed by atoms with Crippen LogP contribution in [0.4, 0.5) is 0 Å². The van der Waals surface area contributed by atoms with Gasteiger partial charge in [-0.05, 0) is 26.7 Å². The molecule has 0 unspecified atom stereocenters. The van der Waals surface area contributed by atoms with Crippen molar-refractivity contribution < 1.29 is 14.4 Å². The van der Waals surface area contributed by atoms with Crippen LogP contribution in [0.25, 0.3) is 0 Å². The lowest BCUT2D eigenvalue weighted by Crippen LogP contribution is -2.09. The third kappa shape index (κ3) is 5.01. The van der Waals surface area contributed by atoms with Crippen LogP contribution in [0, 0.1) is 0 Å². The highest BCUT2D eigenvalue weighted by Gasteiger charge is 2.14. The maximum atomic E-state index is 11.3. The van der Waals surface area contributed by atoms with Crippen LogP contribution in [-0.2, 0) is 14.4 Å². The van der Waals surface area contributed by atoms with E-state index in [1.165, 1.54) is 13.8 Å². The molecule has 0 heterocycles. The topological polar surface area (TPSA) is 51.2 Å². The van der Waals surface area contributed by atoms with E-state index in [2.05, 4.69) is 6.92 Å². The van der Waals surface area contributed by atoms with Gasteiger partial charge in [0.15, 0.2) is 17.9 Å². The summed E-state index contributed by atoms with van der Waals surface area (Å²) in [6.45, 7) is 4.83. The van der Waals surface area contributed by atoms with Gasteiger partial charge in [-0.15, -0.1) is 0 Å². The Kier molecular flexibility index (Phi) is 7.34. The Balaban J connectivity index is 4.65. The van der Waals surface area contributed by atoms with Crippen molar-refractivity contribution in [1.82, 2.24) is 0 Å². The second-order valence-electron chi connectivity index (χ2n) is 3.93. The van der Waals surface area contributed by atoms with Gasteiger partial charge < -0.3 is 0 Å². The van der Waals surface area contributed by atoms with E-state index in [0.29, 0.717) is 18.3 Å². The highest BCUT2D eigenvalue weighted by molar-refractivity contribution is 6.16. The predicted octanol–water partition coefficient (Wildman–Crippen LogP) is 2.63. The molecule has 0 spiro atoms. The quantitative estimate of drug-likeness (QED) is 0.209. The molecule has 0 aliphatic heterocycles. The van der Waals surface area contributed by atoms with Gasteiger partial charge in [-0.1, -0.05) is 26.2 Å². The lowest BCUT2D eigenvalue weighted by Gasteiger charge is -2.06. The average Bonchev–Trinajstić information content (AvgIpc) is 2.21. The minimum atomic E-state index is -0.323. The molecule has 0 aromatic carbocycles. The number of allylic oxidation sites excluding steroid dienone is 2. The third-order valence-corrected chi connectivity index (χ3v) is 2.53. The second kappa shape index (κ2) is 7.97. The fourth-order valence-corrected chi connectivity index (χ4v) is 1.60. The summed E-state index contributed by atoms with van der Waals surface area (Å²) in [5, 5.41) is 0. The molecule has 16 heavy (non-hydrogen) atoms. The Labute approximate surface area is 96.9 Å². The van der Waals surface area contributed by atoms with Crippen molar-refractivity contribution in [1.29, 1.82) is 0 Å². The SMILES string of the molecule is CCCCCCC(C(C)=O)=C(C=O)C(C)=O. The molecule has 0 saturated carbocycles. The number of rotatable bonds is 8. The molecule has 0 atom stereocenters. The van der Waals surface area contributed by atoms with E-state index in [1.54, 1.807) is 0 Å². The number of hydrogen-bond donors (Lipinski definition) is 0. The van der Waals surface area contributed by atoms with Crippen molar-refractivity contribution in [2.75, 3.05) is 0 Å². The highest BCUT2D eigenvalue weighted by Crippen LogP contribution is 2.15. The van der Waals surface area contributed by atoms with Crippen molar-refractivity contribution >= 4 is 17.9 Å². The second-order valence-corrected chi connectivity index (χ2v) is 3.93. The summed E-state index contributed by atoms with van der Waals surface area (Å²) in [4.78, 5) is 33.3. The molecule has 0 amide bonds. The molecule has 0 saturated heterocycles. The summed E-state index contributed by atoms with van der Waals surface area (Å²) in [5.41, 5.74) is 0.433. The third-order valence-electron chi connectivity index (χ3n) is 2.53. The molecule has 90 valence electrons. The van der Waals surface area contributed by atoms with E-state index < -0.39 is 0 Å². The van der Waals surface area contributed by atoms with E-state index in [4.69, 9.17) is 0 Å². The molecular formula is C13H20O3. The first-order valence-electron chi connectivity index (χ1n) is 5.74.